The first-order valence-electron chi connectivity index (χ1n) is 5.51. The topological polar surface area (TPSA) is 46.6 Å². The van der Waals surface area contributed by atoms with Crippen LogP contribution in [0.15, 0.2) is 18.2 Å². The van der Waals surface area contributed by atoms with Crippen LogP contribution in [0.3, 0.4) is 0 Å². The summed E-state index contributed by atoms with van der Waals surface area (Å²) >= 11 is 0. The van der Waals surface area contributed by atoms with Gasteiger partial charge in [-0.05, 0) is 26.0 Å². The largest absolute Gasteiger partial charge is 0.483 e. The van der Waals surface area contributed by atoms with Crippen molar-refractivity contribution in [2.45, 2.75) is 13.8 Å². The van der Waals surface area contributed by atoms with Crippen LogP contribution in [0.25, 0.3) is 0 Å². The van der Waals surface area contributed by atoms with Gasteiger partial charge in [0.05, 0.1) is 5.56 Å². The SMILES string of the molecule is CCN(C)C(=O)COc1ccc(C)cc1C=O. The summed E-state index contributed by atoms with van der Waals surface area (Å²) in [4.78, 5) is 23.9. The van der Waals surface area contributed by atoms with Crippen molar-refractivity contribution in [1.29, 1.82) is 0 Å². The normalized spacial score (nSPS) is 9.82. The van der Waals surface area contributed by atoms with Crippen molar-refractivity contribution in [1.82, 2.24) is 4.90 Å². The number of aldehydes is 1. The molecule has 0 aliphatic rings. The predicted octanol–water partition coefficient (Wildman–Crippen LogP) is 1.66. The molecule has 0 unspecified atom stereocenters. The molecule has 0 saturated carbocycles. The molecule has 1 amide bonds. The van der Waals surface area contributed by atoms with E-state index in [1.165, 1.54) is 0 Å². The number of carbonyl (C=O) groups excluding carboxylic acids is 2. The van der Waals surface area contributed by atoms with Gasteiger partial charge in [0.1, 0.15) is 5.75 Å². The van der Waals surface area contributed by atoms with Crippen LogP contribution in [-0.2, 0) is 4.79 Å². The number of ether oxygens (including phenoxy) is 1. The van der Waals surface area contributed by atoms with Gasteiger partial charge in [-0.25, -0.2) is 0 Å². The highest BCUT2D eigenvalue weighted by atomic mass is 16.5. The molecule has 0 spiro atoms. The van der Waals surface area contributed by atoms with Gasteiger partial charge in [-0.1, -0.05) is 11.6 Å². The van der Waals surface area contributed by atoms with E-state index in [0.29, 0.717) is 17.9 Å². The predicted molar refractivity (Wildman–Crippen MR) is 65.4 cm³/mol. The van der Waals surface area contributed by atoms with Crippen molar-refractivity contribution in [3.8, 4) is 5.75 Å². The lowest BCUT2D eigenvalue weighted by molar-refractivity contribution is -0.131. The van der Waals surface area contributed by atoms with Gasteiger partial charge in [-0.3, -0.25) is 9.59 Å². The second-order valence-corrected chi connectivity index (χ2v) is 3.86. The molecule has 0 atom stereocenters. The molecule has 0 aliphatic carbocycles. The first kappa shape index (κ1) is 13.2. The average molecular weight is 235 g/mol. The molecule has 0 aliphatic heterocycles. The maximum absolute atomic E-state index is 11.5. The third-order valence-electron chi connectivity index (χ3n) is 2.54. The molecule has 0 N–H and O–H groups in total. The molecule has 1 rings (SSSR count). The number of amides is 1. The molecule has 0 radical (unpaired) electrons. The number of likely N-dealkylation sites (N-methyl/N-ethyl adjacent to an activating group) is 1. The van der Waals surface area contributed by atoms with Crippen molar-refractivity contribution < 1.29 is 14.3 Å². The Balaban J connectivity index is 2.69. The summed E-state index contributed by atoms with van der Waals surface area (Å²) in [6, 6.07) is 5.28. The Morgan fingerprint density at radius 1 is 1.47 bits per heavy atom. The molecule has 1 aromatic carbocycles. The second-order valence-electron chi connectivity index (χ2n) is 3.86. The maximum Gasteiger partial charge on any atom is 0.260 e. The smallest absolute Gasteiger partial charge is 0.260 e. The third-order valence-corrected chi connectivity index (χ3v) is 2.54. The first-order valence-corrected chi connectivity index (χ1v) is 5.51. The van der Waals surface area contributed by atoms with E-state index in [2.05, 4.69) is 0 Å². The third kappa shape index (κ3) is 3.59. The highest BCUT2D eigenvalue weighted by molar-refractivity contribution is 5.81. The highest BCUT2D eigenvalue weighted by Gasteiger charge is 2.09. The zero-order valence-corrected chi connectivity index (χ0v) is 10.4. The van der Waals surface area contributed by atoms with E-state index in [1.807, 2.05) is 19.9 Å². The number of carbonyl (C=O) groups is 2. The van der Waals surface area contributed by atoms with E-state index in [9.17, 15) is 9.59 Å². The summed E-state index contributed by atoms with van der Waals surface area (Å²) in [5, 5.41) is 0. The summed E-state index contributed by atoms with van der Waals surface area (Å²) in [5.41, 5.74) is 1.45. The van der Waals surface area contributed by atoms with Gasteiger partial charge >= 0.3 is 0 Å². The van der Waals surface area contributed by atoms with Crippen LogP contribution in [0, 0.1) is 6.92 Å². The average Bonchev–Trinajstić information content (AvgIpc) is 2.35. The number of rotatable bonds is 5. The van der Waals surface area contributed by atoms with Crippen LogP contribution >= 0.6 is 0 Å². The van der Waals surface area contributed by atoms with Gasteiger partial charge in [0.15, 0.2) is 12.9 Å². The molecule has 92 valence electrons. The molecule has 17 heavy (non-hydrogen) atoms. The summed E-state index contributed by atoms with van der Waals surface area (Å²) < 4.78 is 5.35. The van der Waals surface area contributed by atoms with Crippen molar-refractivity contribution in [2.75, 3.05) is 20.2 Å². The van der Waals surface area contributed by atoms with Crippen molar-refractivity contribution in [2.24, 2.45) is 0 Å². The number of hydrogen-bond donors (Lipinski definition) is 0. The molecule has 4 heteroatoms. The molecular formula is C13H17NO3. The first-order chi connectivity index (χ1) is 8.08. The monoisotopic (exact) mass is 235 g/mol. The standard InChI is InChI=1S/C13H17NO3/c1-4-14(3)13(16)9-17-12-6-5-10(2)7-11(12)8-15/h5-8H,4,9H2,1-3H3. The van der Waals surface area contributed by atoms with Gasteiger partial charge in [-0.2, -0.15) is 0 Å². The van der Waals surface area contributed by atoms with E-state index >= 15 is 0 Å². The highest BCUT2D eigenvalue weighted by Crippen LogP contribution is 2.18. The molecule has 4 nitrogen and oxygen atoms in total. The summed E-state index contributed by atoms with van der Waals surface area (Å²) in [7, 11) is 1.71. The van der Waals surface area contributed by atoms with Gasteiger partial charge in [-0.15, -0.1) is 0 Å². The zero-order valence-electron chi connectivity index (χ0n) is 10.4. The Labute approximate surface area is 101 Å². The lowest BCUT2D eigenvalue weighted by Crippen LogP contribution is -2.31. The van der Waals surface area contributed by atoms with E-state index in [-0.39, 0.29) is 12.5 Å². The van der Waals surface area contributed by atoms with Gasteiger partial charge in [0.25, 0.3) is 5.91 Å². The molecule has 0 aromatic heterocycles. The van der Waals surface area contributed by atoms with Crippen LogP contribution in [0.2, 0.25) is 0 Å². The van der Waals surface area contributed by atoms with Crippen LogP contribution in [0.1, 0.15) is 22.8 Å². The molecule has 1 aromatic rings. The van der Waals surface area contributed by atoms with Gasteiger partial charge < -0.3 is 9.64 Å². The molecule has 0 heterocycles. The van der Waals surface area contributed by atoms with Crippen molar-refractivity contribution >= 4 is 12.2 Å². The van der Waals surface area contributed by atoms with Gasteiger partial charge in [0.2, 0.25) is 0 Å². The Morgan fingerprint density at radius 2 is 2.18 bits per heavy atom. The van der Waals surface area contributed by atoms with Crippen molar-refractivity contribution in [3.63, 3.8) is 0 Å². The Bertz CT molecular complexity index is 415. The van der Waals surface area contributed by atoms with Crippen LogP contribution < -0.4 is 4.74 Å². The fourth-order valence-electron chi connectivity index (χ4n) is 1.32. The van der Waals surface area contributed by atoms with Crippen molar-refractivity contribution in [3.05, 3.63) is 29.3 Å². The number of hydrogen-bond acceptors (Lipinski definition) is 3. The Kier molecular flexibility index (Phi) is 4.69. The fraction of sp³-hybridized carbons (Fsp3) is 0.385. The second kappa shape index (κ2) is 6.03. The Hall–Kier alpha value is -1.84. The van der Waals surface area contributed by atoms with Crippen LogP contribution in [-0.4, -0.2) is 37.3 Å². The molecule has 0 saturated heterocycles. The Morgan fingerprint density at radius 3 is 2.76 bits per heavy atom. The maximum atomic E-state index is 11.5. The molecule has 0 fully saturated rings. The lowest BCUT2D eigenvalue weighted by atomic mass is 10.1. The van der Waals surface area contributed by atoms with E-state index in [1.54, 1.807) is 24.1 Å². The minimum Gasteiger partial charge on any atom is -0.483 e. The molecular weight excluding hydrogens is 218 g/mol. The van der Waals surface area contributed by atoms with Gasteiger partial charge in [0, 0.05) is 13.6 Å². The minimum absolute atomic E-state index is 0.0474. The van der Waals surface area contributed by atoms with E-state index in [0.717, 1.165) is 11.8 Å². The number of aryl methyl sites for hydroxylation is 1. The molecule has 0 bridgehead atoms. The fourth-order valence-corrected chi connectivity index (χ4v) is 1.32. The summed E-state index contributed by atoms with van der Waals surface area (Å²) in [6.07, 6.45) is 0.732. The summed E-state index contributed by atoms with van der Waals surface area (Å²) in [6.45, 7) is 4.37. The summed E-state index contributed by atoms with van der Waals surface area (Å²) in [5.74, 6) is 0.341. The minimum atomic E-state index is -0.107. The van der Waals surface area contributed by atoms with E-state index < -0.39 is 0 Å². The quantitative estimate of drug-likeness (QED) is 0.729. The lowest BCUT2D eigenvalue weighted by Gasteiger charge is -2.15. The zero-order chi connectivity index (χ0) is 12.8. The van der Waals surface area contributed by atoms with E-state index in [4.69, 9.17) is 4.74 Å². The van der Waals surface area contributed by atoms with Crippen LogP contribution in [0.5, 0.6) is 5.75 Å². The number of nitrogens with zero attached hydrogens (tertiary/aromatic N) is 1. The van der Waals surface area contributed by atoms with Crippen LogP contribution in [0.4, 0.5) is 0 Å². The number of benzene rings is 1.